The Balaban J connectivity index is 2.30. The van der Waals surface area contributed by atoms with E-state index < -0.39 is 0 Å². The number of hydrazine groups is 2. The van der Waals surface area contributed by atoms with E-state index in [-0.39, 0.29) is 5.54 Å². The maximum atomic E-state index is 4.30. The Morgan fingerprint density at radius 2 is 2.00 bits per heavy atom. The van der Waals surface area contributed by atoms with Crippen LogP contribution in [0.5, 0.6) is 0 Å². The van der Waals surface area contributed by atoms with Gasteiger partial charge in [0.1, 0.15) is 0 Å². The van der Waals surface area contributed by atoms with E-state index in [1.165, 1.54) is 0 Å². The molecule has 2 aliphatic heterocycles. The third-order valence-corrected chi connectivity index (χ3v) is 2.30. The van der Waals surface area contributed by atoms with Gasteiger partial charge in [0.05, 0.1) is 6.20 Å². The zero-order chi connectivity index (χ0) is 10.3. The number of fused-ring (bicyclic) bond motifs is 1. The van der Waals surface area contributed by atoms with Gasteiger partial charge >= 0.3 is 0 Å². The van der Waals surface area contributed by atoms with Crippen LogP contribution in [0, 0.1) is 0 Å². The molecule has 0 unspecified atom stereocenters. The molecule has 0 aliphatic carbocycles. The highest BCUT2D eigenvalue weighted by atomic mass is 15.9. The fourth-order valence-electron chi connectivity index (χ4n) is 1.64. The van der Waals surface area contributed by atoms with Crippen LogP contribution in [0.4, 0.5) is 0 Å². The van der Waals surface area contributed by atoms with Crippen molar-refractivity contribution >= 4 is 6.21 Å². The van der Waals surface area contributed by atoms with Gasteiger partial charge in [-0.2, -0.15) is 0 Å². The predicted octanol–water partition coefficient (Wildman–Crippen LogP) is 1.56. The highest BCUT2D eigenvalue weighted by Crippen LogP contribution is 2.28. The van der Waals surface area contributed by atoms with Gasteiger partial charge in [0.2, 0.25) is 0 Å². The maximum absolute atomic E-state index is 4.30. The van der Waals surface area contributed by atoms with Crippen molar-refractivity contribution < 1.29 is 0 Å². The molecule has 0 N–H and O–H groups in total. The summed E-state index contributed by atoms with van der Waals surface area (Å²) in [6, 6.07) is 0. The first-order chi connectivity index (χ1) is 6.50. The smallest absolute Gasteiger partial charge is 0.166 e. The summed E-state index contributed by atoms with van der Waals surface area (Å²) >= 11 is 0. The summed E-state index contributed by atoms with van der Waals surface area (Å²) in [5, 5.41) is 6.24. The molecule has 14 heavy (non-hydrogen) atoms. The van der Waals surface area contributed by atoms with Gasteiger partial charge in [0, 0.05) is 25.0 Å². The van der Waals surface area contributed by atoms with Crippen LogP contribution >= 0.6 is 0 Å². The van der Waals surface area contributed by atoms with Gasteiger partial charge in [0.25, 0.3) is 0 Å². The molecule has 4 heteroatoms. The minimum atomic E-state index is 0.0719. The number of hydrogen-bond donors (Lipinski definition) is 0. The Labute approximate surface area is 84.7 Å². The molecule has 0 spiro atoms. The van der Waals surface area contributed by atoms with E-state index in [1.54, 1.807) is 0 Å². The van der Waals surface area contributed by atoms with E-state index in [4.69, 9.17) is 0 Å². The Bertz CT molecular complexity index is 322. The number of nitrogens with zero attached hydrogens (tertiary/aromatic N) is 4. The normalized spacial score (nSPS) is 21.6. The second kappa shape index (κ2) is 2.85. The minimum Gasteiger partial charge on any atom is -0.286 e. The summed E-state index contributed by atoms with van der Waals surface area (Å²) in [6.45, 7) is 6.52. The van der Waals surface area contributed by atoms with Gasteiger partial charge in [-0.3, -0.25) is 5.01 Å². The lowest BCUT2D eigenvalue weighted by atomic mass is 10.1. The molecule has 2 heterocycles. The van der Waals surface area contributed by atoms with Gasteiger partial charge < -0.3 is 0 Å². The zero-order valence-corrected chi connectivity index (χ0v) is 9.10. The van der Waals surface area contributed by atoms with Crippen molar-refractivity contribution in [2.24, 2.45) is 4.99 Å². The van der Waals surface area contributed by atoms with E-state index in [2.05, 4.69) is 42.1 Å². The first kappa shape index (κ1) is 9.27. The Morgan fingerprint density at radius 3 is 2.57 bits per heavy atom. The van der Waals surface area contributed by atoms with Gasteiger partial charge in [-0.15, -0.1) is 5.12 Å². The third kappa shape index (κ3) is 1.32. The fourth-order valence-corrected chi connectivity index (χ4v) is 1.64. The van der Waals surface area contributed by atoms with Gasteiger partial charge in [-0.25, -0.2) is 10.0 Å². The topological polar surface area (TPSA) is 22.1 Å². The molecule has 0 amide bonds. The van der Waals surface area contributed by atoms with Crippen molar-refractivity contribution in [1.29, 1.82) is 0 Å². The van der Waals surface area contributed by atoms with Gasteiger partial charge in [0.15, 0.2) is 5.82 Å². The standard InChI is InChI=1S/C10H16N4/c1-10(2,3)14-8-9-11-6-5-7-13(9)12(14)4/h5-8H,1-4H3. The molecule has 0 aromatic rings. The average molecular weight is 192 g/mol. The van der Waals surface area contributed by atoms with Crippen LogP contribution in [-0.4, -0.2) is 33.9 Å². The molecule has 2 aliphatic rings. The summed E-state index contributed by atoms with van der Waals surface area (Å²) in [7, 11) is 2.03. The third-order valence-electron chi connectivity index (χ3n) is 2.30. The monoisotopic (exact) mass is 192 g/mol. The van der Waals surface area contributed by atoms with Crippen LogP contribution in [-0.2, 0) is 0 Å². The van der Waals surface area contributed by atoms with Crippen molar-refractivity contribution in [3.63, 3.8) is 0 Å². The van der Waals surface area contributed by atoms with E-state index in [1.807, 2.05) is 30.5 Å². The second-order valence-electron chi connectivity index (χ2n) is 4.46. The molecule has 0 fully saturated rings. The molecule has 4 nitrogen and oxygen atoms in total. The highest BCUT2D eigenvalue weighted by Gasteiger charge is 2.32. The number of hydrogen-bond acceptors (Lipinski definition) is 4. The Hall–Kier alpha value is -1.29. The van der Waals surface area contributed by atoms with E-state index >= 15 is 0 Å². The second-order valence-corrected chi connectivity index (χ2v) is 4.46. The number of allylic oxidation sites excluding steroid dienone is 1. The molecule has 2 rings (SSSR count). The van der Waals surface area contributed by atoms with Crippen LogP contribution in [0.15, 0.2) is 29.3 Å². The van der Waals surface area contributed by atoms with Crippen LogP contribution in [0.25, 0.3) is 0 Å². The molecule has 0 atom stereocenters. The SMILES string of the molecule is CN1N2C=CC=NC2=CN1C(C)(C)C. The average Bonchev–Trinajstić information content (AvgIpc) is 2.44. The lowest BCUT2D eigenvalue weighted by Gasteiger charge is -2.39. The van der Waals surface area contributed by atoms with Crippen molar-refractivity contribution in [2.75, 3.05) is 7.05 Å². The van der Waals surface area contributed by atoms with Crippen molar-refractivity contribution in [3.05, 3.63) is 24.3 Å². The number of rotatable bonds is 0. The van der Waals surface area contributed by atoms with Gasteiger partial charge in [-0.1, -0.05) is 0 Å². The molecule has 0 radical (unpaired) electrons. The summed E-state index contributed by atoms with van der Waals surface area (Å²) in [5.74, 6) is 0.963. The molecule has 0 aromatic heterocycles. The molecule has 0 saturated carbocycles. The first-order valence-electron chi connectivity index (χ1n) is 4.75. The molecule has 0 bridgehead atoms. The molecular formula is C10H16N4. The largest absolute Gasteiger partial charge is 0.286 e. The summed E-state index contributed by atoms with van der Waals surface area (Å²) < 4.78 is 0. The van der Waals surface area contributed by atoms with Crippen molar-refractivity contribution in [1.82, 2.24) is 15.1 Å². The maximum Gasteiger partial charge on any atom is 0.166 e. The molecule has 0 aromatic carbocycles. The lowest BCUT2D eigenvalue weighted by molar-refractivity contribution is -0.109. The highest BCUT2D eigenvalue weighted by molar-refractivity contribution is 5.73. The van der Waals surface area contributed by atoms with Crippen LogP contribution in [0.2, 0.25) is 0 Å². The quantitative estimate of drug-likeness (QED) is 0.581. The predicted molar refractivity (Wildman–Crippen MR) is 56.9 cm³/mol. The molecule has 0 saturated heterocycles. The zero-order valence-electron chi connectivity index (χ0n) is 9.10. The van der Waals surface area contributed by atoms with Crippen molar-refractivity contribution in [3.8, 4) is 0 Å². The fraction of sp³-hybridized carbons (Fsp3) is 0.500. The summed E-state index contributed by atoms with van der Waals surface area (Å²) in [4.78, 5) is 4.30. The van der Waals surface area contributed by atoms with E-state index in [9.17, 15) is 0 Å². The van der Waals surface area contributed by atoms with Crippen LogP contribution < -0.4 is 0 Å². The van der Waals surface area contributed by atoms with E-state index in [0.717, 1.165) is 5.82 Å². The minimum absolute atomic E-state index is 0.0719. The Morgan fingerprint density at radius 1 is 1.29 bits per heavy atom. The molecule has 76 valence electrons. The van der Waals surface area contributed by atoms with Crippen LogP contribution in [0.1, 0.15) is 20.8 Å². The lowest BCUT2D eigenvalue weighted by Crippen LogP contribution is -2.48. The summed E-state index contributed by atoms with van der Waals surface area (Å²) in [6.07, 6.45) is 7.80. The summed E-state index contributed by atoms with van der Waals surface area (Å²) in [5.41, 5.74) is 0.0719. The Kier molecular flexibility index (Phi) is 1.89. The van der Waals surface area contributed by atoms with E-state index in [0.29, 0.717) is 0 Å². The first-order valence-corrected chi connectivity index (χ1v) is 4.75. The van der Waals surface area contributed by atoms with Crippen LogP contribution in [0.3, 0.4) is 0 Å². The molecular weight excluding hydrogens is 176 g/mol. The van der Waals surface area contributed by atoms with Crippen molar-refractivity contribution in [2.45, 2.75) is 26.3 Å². The van der Waals surface area contributed by atoms with Gasteiger partial charge in [-0.05, 0) is 26.8 Å². The number of aliphatic imine (C=N–C) groups is 1.